The van der Waals surface area contributed by atoms with Crippen LogP contribution in [-0.4, -0.2) is 38.3 Å². The van der Waals surface area contributed by atoms with E-state index in [4.69, 9.17) is 4.74 Å². The van der Waals surface area contributed by atoms with Gasteiger partial charge in [-0.05, 0) is 26.7 Å². The van der Waals surface area contributed by atoms with Gasteiger partial charge in [-0.1, -0.05) is 0 Å². The molecule has 0 amide bonds. The first kappa shape index (κ1) is 11.4. The molecule has 0 spiro atoms. The minimum atomic E-state index is -2.76. The van der Waals surface area contributed by atoms with Gasteiger partial charge in [-0.25, -0.2) is 8.42 Å². The van der Waals surface area contributed by atoms with Crippen molar-refractivity contribution in [1.29, 1.82) is 0 Å². The summed E-state index contributed by atoms with van der Waals surface area (Å²) in [6.45, 7) is 4.96. The monoisotopic (exact) mass is 233 g/mol. The van der Waals surface area contributed by atoms with Crippen LogP contribution in [0.2, 0.25) is 0 Å². The summed E-state index contributed by atoms with van der Waals surface area (Å²) in [5.41, 5.74) is -0.110. The minimum absolute atomic E-state index is 0.0514. The van der Waals surface area contributed by atoms with Gasteiger partial charge in [0.2, 0.25) is 0 Å². The van der Waals surface area contributed by atoms with Gasteiger partial charge in [0.05, 0.1) is 17.1 Å². The predicted molar refractivity (Wildman–Crippen MR) is 58.3 cm³/mol. The van der Waals surface area contributed by atoms with Gasteiger partial charge in [0.1, 0.15) is 16.1 Å². The van der Waals surface area contributed by atoms with Crippen molar-refractivity contribution in [3.8, 4) is 0 Å². The van der Waals surface area contributed by atoms with E-state index in [1.807, 2.05) is 0 Å². The molecule has 2 rings (SSSR count). The molecule has 0 aromatic carbocycles. The molecule has 4 nitrogen and oxygen atoms in total. The number of hydrogen-bond donors (Lipinski definition) is 1. The Bertz CT molecular complexity index is 323. The van der Waals surface area contributed by atoms with Gasteiger partial charge in [-0.15, -0.1) is 0 Å². The third-order valence-corrected chi connectivity index (χ3v) is 4.92. The molecule has 15 heavy (non-hydrogen) atoms. The molecule has 0 saturated carbocycles. The Morgan fingerprint density at radius 2 is 1.87 bits per heavy atom. The summed E-state index contributed by atoms with van der Waals surface area (Å²) >= 11 is 0. The molecule has 88 valence electrons. The van der Waals surface area contributed by atoms with Crippen LogP contribution in [-0.2, 0) is 14.6 Å². The second-order valence-electron chi connectivity index (χ2n) is 5.17. The summed E-state index contributed by atoms with van der Waals surface area (Å²) in [5.74, 6) is 0.995. The first-order valence-electron chi connectivity index (χ1n) is 5.50. The molecular formula is C10H19NO3S. The van der Waals surface area contributed by atoms with Crippen LogP contribution in [0.4, 0.5) is 0 Å². The van der Waals surface area contributed by atoms with Gasteiger partial charge in [-0.2, -0.15) is 0 Å². The van der Waals surface area contributed by atoms with E-state index < -0.39 is 9.84 Å². The third-order valence-electron chi connectivity index (χ3n) is 3.20. The number of hydrogen-bond acceptors (Lipinski definition) is 4. The zero-order valence-corrected chi connectivity index (χ0v) is 10.1. The maximum atomic E-state index is 11.3. The van der Waals surface area contributed by atoms with Crippen LogP contribution in [0, 0.1) is 5.92 Å². The predicted octanol–water partition coefficient (Wildman–Crippen LogP) is 0.536. The molecule has 5 heteroatoms. The molecule has 2 aliphatic heterocycles. The Hall–Kier alpha value is -0.130. The number of nitrogens with one attached hydrogen (secondary N) is 1. The fourth-order valence-electron chi connectivity index (χ4n) is 2.25. The second-order valence-corrected chi connectivity index (χ2v) is 7.47. The summed E-state index contributed by atoms with van der Waals surface area (Å²) in [4.78, 5) is 0. The van der Waals surface area contributed by atoms with Crippen molar-refractivity contribution in [2.45, 2.75) is 38.5 Å². The highest BCUT2D eigenvalue weighted by Gasteiger charge is 2.38. The van der Waals surface area contributed by atoms with E-state index in [2.05, 4.69) is 19.2 Å². The lowest BCUT2D eigenvalue weighted by atomic mass is 10.0. The molecule has 0 aliphatic carbocycles. The van der Waals surface area contributed by atoms with E-state index in [1.165, 1.54) is 0 Å². The van der Waals surface area contributed by atoms with Gasteiger partial charge in [0, 0.05) is 12.5 Å². The zero-order valence-electron chi connectivity index (χ0n) is 9.32. The molecule has 1 atom stereocenters. The van der Waals surface area contributed by atoms with E-state index in [-0.39, 0.29) is 11.8 Å². The lowest BCUT2D eigenvalue weighted by molar-refractivity contribution is -0.0437. The zero-order chi connectivity index (χ0) is 11.1. The summed E-state index contributed by atoms with van der Waals surface area (Å²) in [7, 11) is -2.76. The van der Waals surface area contributed by atoms with E-state index in [9.17, 15) is 8.42 Å². The van der Waals surface area contributed by atoms with Crippen LogP contribution in [0.1, 0.15) is 26.7 Å². The van der Waals surface area contributed by atoms with Crippen LogP contribution in [0.15, 0.2) is 0 Å². The van der Waals surface area contributed by atoms with Crippen molar-refractivity contribution in [3.05, 3.63) is 0 Å². The molecule has 2 saturated heterocycles. The Kier molecular flexibility index (Phi) is 2.81. The molecular weight excluding hydrogens is 214 g/mol. The first-order valence-corrected chi connectivity index (χ1v) is 7.32. The van der Waals surface area contributed by atoms with Crippen molar-refractivity contribution >= 4 is 9.84 Å². The van der Waals surface area contributed by atoms with Crippen molar-refractivity contribution < 1.29 is 13.2 Å². The molecule has 2 aliphatic rings. The quantitative estimate of drug-likeness (QED) is 0.718. The van der Waals surface area contributed by atoms with Crippen molar-refractivity contribution in [3.63, 3.8) is 0 Å². The average Bonchev–Trinajstić information content (AvgIpc) is 2.46. The normalized spacial score (nSPS) is 35.5. The van der Waals surface area contributed by atoms with E-state index in [0.717, 1.165) is 19.4 Å². The van der Waals surface area contributed by atoms with E-state index in [1.54, 1.807) is 0 Å². The molecule has 0 radical (unpaired) electrons. The van der Waals surface area contributed by atoms with Crippen molar-refractivity contribution in [2.24, 2.45) is 5.92 Å². The van der Waals surface area contributed by atoms with E-state index >= 15 is 0 Å². The topological polar surface area (TPSA) is 55.4 Å². The summed E-state index contributed by atoms with van der Waals surface area (Å²) < 4.78 is 28.4. The standard InChI is InChI=1S/C10H19NO3S/c1-10(2)7-11-9(14-10)8-3-5-15(12,13)6-4-8/h8-9,11H,3-7H2,1-2H3. The second kappa shape index (κ2) is 3.71. The van der Waals surface area contributed by atoms with Gasteiger partial charge in [0.25, 0.3) is 0 Å². The molecule has 1 unspecified atom stereocenters. The van der Waals surface area contributed by atoms with Crippen LogP contribution in [0.25, 0.3) is 0 Å². The Balaban J connectivity index is 1.92. The Morgan fingerprint density at radius 3 is 2.33 bits per heavy atom. The highest BCUT2D eigenvalue weighted by Crippen LogP contribution is 2.28. The minimum Gasteiger partial charge on any atom is -0.356 e. The highest BCUT2D eigenvalue weighted by molar-refractivity contribution is 7.91. The first-order chi connectivity index (χ1) is 6.88. The van der Waals surface area contributed by atoms with Crippen LogP contribution in [0.3, 0.4) is 0 Å². The lowest BCUT2D eigenvalue weighted by Crippen LogP contribution is -2.37. The molecule has 1 N–H and O–H groups in total. The Labute approximate surface area is 91.3 Å². The van der Waals surface area contributed by atoms with Crippen molar-refractivity contribution in [1.82, 2.24) is 5.32 Å². The maximum Gasteiger partial charge on any atom is 0.150 e. The van der Waals surface area contributed by atoms with Crippen LogP contribution in [0.5, 0.6) is 0 Å². The van der Waals surface area contributed by atoms with Gasteiger partial charge < -0.3 is 4.74 Å². The molecule has 2 heterocycles. The van der Waals surface area contributed by atoms with Gasteiger partial charge in [-0.3, -0.25) is 5.32 Å². The van der Waals surface area contributed by atoms with Gasteiger partial charge in [0.15, 0.2) is 0 Å². The molecule has 0 aromatic rings. The summed E-state index contributed by atoms with van der Waals surface area (Å²) in [5, 5.41) is 3.33. The fourth-order valence-corrected chi connectivity index (χ4v) is 3.78. The average molecular weight is 233 g/mol. The number of rotatable bonds is 1. The smallest absolute Gasteiger partial charge is 0.150 e. The molecule has 0 bridgehead atoms. The SMILES string of the molecule is CC1(C)CNC(C2CCS(=O)(=O)CC2)O1. The lowest BCUT2D eigenvalue weighted by Gasteiger charge is -2.28. The highest BCUT2D eigenvalue weighted by atomic mass is 32.2. The van der Waals surface area contributed by atoms with Crippen LogP contribution >= 0.6 is 0 Å². The molecule has 2 fully saturated rings. The largest absolute Gasteiger partial charge is 0.356 e. The third kappa shape index (κ3) is 2.71. The fraction of sp³-hybridized carbons (Fsp3) is 1.00. The van der Waals surface area contributed by atoms with Crippen LogP contribution < -0.4 is 5.32 Å². The number of sulfone groups is 1. The van der Waals surface area contributed by atoms with Crippen molar-refractivity contribution in [2.75, 3.05) is 18.1 Å². The maximum absolute atomic E-state index is 11.3. The molecule has 0 aromatic heterocycles. The summed E-state index contributed by atoms with van der Waals surface area (Å²) in [6.07, 6.45) is 1.52. The summed E-state index contributed by atoms with van der Waals surface area (Å²) in [6, 6.07) is 0. The Morgan fingerprint density at radius 1 is 1.27 bits per heavy atom. The van der Waals surface area contributed by atoms with E-state index in [0.29, 0.717) is 17.4 Å². The van der Waals surface area contributed by atoms with Gasteiger partial charge >= 0.3 is 0 Å². The number of ether oxygens (including phenoxy) is 1.